The molecule has 1 aromatic carbocycles. The predicted octanol–water partition coefficient (Wildman–Crippen LogP) is 4.55. The van der Waals surface area contributed by atoms with Crippen LogP contribution < -0.4 is 20.7 Å². The summed E-state index contributed by atoms with van der Waals surface area (Å²) in [5, 5.41) is 9.18. The largest absolute Gasteiger partial charge is 0.481 e. The standard InChI is InChI=1S/C29H27N7O3S/c1-18(33-29(38)26-27(30)34-36-13-7-11-32-28(26)36)23(35(2)20-8-5-4-6-9-20)15-24-21(16-37)22(17-40-24)19-10-12-31-25(14-19)39-3/h4-18H,1-3H3,(H2,30,34)(H,33,38)/b23-15-/t18-/m0/s1. The van der Waals surface area contributed by atoms with E-state index in [0.29, 0.717) is 17.1 Å². The number of aldehydes is 1. The van der Waals surface area contributed by atoms with Crippen LogP contribution in [0.15, 0.2) is 78.2 Å². The summed E-state index contributed by atoms with van der Waals surface area (Å²) in [5.41, 5.74) is 10.5. The van der Waals surface area contributed by atoms with Crippen LogP contribution in [-0.2, 0) is 0 Å². The first kappa shape index (κ1) is 26.6. The first-order valence-corrected chi connectivity index (χ1v) is 13.3. The quantitative estimate of drug-likeness (QED) is 0.255. The minimum Gasteiger partial charge on any atom is -0.481 e. The van der Waals surface area contributed by atoms with E-state index in [9.17, 15) is 9.59 Å². The van der Waals surface area contributed by atoms with E-state index >= 15 is 0 Å². The summed E-state index contributed by atoms with van der Waals surface area (Å²) in [6, 6.07) is 14.6. The zero-order valence-electron chi connectivity index (χ0n) is 22.1. The number of nitrogens with zero attached hydrogens (tertiary/aromatic N) is 5. The third kappa shape index (κ3) is 5.14. The highest BCUT2D eigenvalue weighted by atomic mass is 32.1. The Kier molecular flexibility index (Phi) is 7.56. The van der Waals surface area contributed by atoms with E-state index < -0.39 is 11.9 Å². The van der Waals surface area contributed by atoms with E-state index in [1.54, 1.807) is 37.8 Å². The highest BCUT2D eigenvalue weighted by molar-refractivity contribution is 7.11. The van der Waals surface area contributed by atoms with E-state index in [1.807, 2.05) is 66.7 Å². The summed E-state index contributed by atoms with van der Waals surface area (Å²) in [7, 11) is 3.46. The van der Waals surface area contributed by atoms with Gasteiger partial charge in [0, 0.05) is 59.1 Å². The van der Waals surface area contributed by atoms with Gasteiger partial charge in [0.25, 0.3) is 5.91 Å². The van der Waals surface area contributed by atoms with Gasteiger partial charge in [-0.2, -0.15) is 0 Å². The fraction of sp³-hybridized carbons (Fsp3) is 0.138. The van der Waals surface area contributed by atoms with Gasteiger partial charge >= 0.3 is 0 Å². The lowest BCUT2D eigenvalue weighted by molar-refractivity contribution is 0.0947. The molecular formula is C29H27N7O3S. The Balaban J connectivity index is 1.54. The molecule has 0 fully saturated rings. The van der Waals surface area contributed by atoms with Gasteiger partial charge in [-0.1, -0.05) is 18.2 Å². The van der Waals surface area contributed by atoms with Gasteiger partial charge in [0.1, 0.15) is 5.56 Å². The number of hydrogen-bond donors (Lipinski definition) is 2. The number of para-hydroxylation sites is 1. The molecule has 0 aliphatic rings. The molecule has 3 N–H and O–H groups in total. The SMILES string of the molecule is COc1cc(-c2csc(/C=C(/[C@H](C)NC(=O)c3c(N)nn4cccnc34)N(C)c3ccccc3)c2C=O)ccn1. The van der Waals surface area contributed by atoms with Gasteiger partial charge in [-0.25, -0.2) is 14.5 Å². The molecule has 0 saturated carbocycles. The number of nitrogens with one attached hydrogen (secondary N) is 1. The molecular weight excluding hydrogens is 526 g/mol. The third-order valence-corrected chi connectivity index (χ3v) is 7.43. The lowest BCUT2D eigenvalue weighted by Crippen LogP contribution is -2.39. The van der Waals surface area contributed by atoms with Crippen molar-refractivity contribution in [3.63, 3.8) is 0 Å². The minimum absolute atomic E-state index is 0.0873. The van der Waals surface area contributed by atoms with Crippen LogP contribution in [0.2, 0.25) is 0 Å². The predicted molar refractivity (Wildman–Crippen MR) is 157 cm³/mol. The summed E-state index contributed by atoms with van der Waals surface area (Å²) >= 11 is 1.44. The monoisotopic (exact) mass is 553 g/mol. The number of amides is 1. The van der Waals surface area contributed by atoms with Crippen LogP contribution in [0, 0.1) is 0 Å². The zero-order chi connectivity index (χ0) is 28.2. The van der Waals surface area contributed by atoms with Crippen LogP contribution in [-0.4, -0.2) is 52.0 Å². The van der Waals surface area contributed by atoms with E-state index in [0.717, 1.165) is 33.7 Å². The fourth-order valence-electron chi connectivity index (χ4n) is 4.44. The molecule has 4 heterocycles. The Morgan fingerprint density at radius 3 is 2.73 bits per heavy atom. The van der Waals surface area contributed by atoms with Gasteiger partial charge in [-0.3, -0.25) is 9.59 Å². The molecule has 1 atom stereocenters. The summed E-state index contributed by atoms with van der Waals surface area (Å²) in [4.78, 5) is 36.9. The number of carbonyl (C=O) groups excluding carboxylic acids is 2. The normalized spacial score (nSPS) is 12.2. The highest BCUT2D eigenvalue weighted by Crippen LogP contribution is 2.34. The van der Waals surface area contributed by atoms with Gasteiger partial charge in [0.05, 0.1) is 13.2 Å². The maximum absolute atomic E-state index is 13.4. The molecule has 5 rings (SSSR count). The fourth-order valence-corrected chi connectivity index (χ4v) is 5.42. The minimum atomic E-state index is -0.484. The van der Waals surface area contributed by atoms with Crippen LogP contribution in [0.5, 0.6) is 5.88 Å². The number of nitrogens with two attached hydrogens (primary N) is 1. The number of fused-ring (bicyclic) bond motifs is 1. The van der Waals surface area contributed by atoms with Crippen LogP contribution in [0.3, 0.4) is 0 Å². The van der Waals surface area contributed by atoms with Crippen LogP contribution in [0.1, 0.15) is 32.5 Å². The Labute approximate surface area is 234 Å². The number of rotatable bonds is 9. The number of likely N-dealkylation sites (N-methyl/N-ethyl adjacent to an activating group) is 1. The van der Waals surface area contributed by atoms with Crippen molar-refractivity contribution in [2.45, 2.75) is 13.0 Å². The number of aromatic nitrogens is 4. The summed E-state index contributed by atoms with van der Waals surface area (Å²) in [5.74, 6) is 0.140. The molecule has 5 aromatic rings. The van der Waals surface area contributed by atoms with Gasteiger partial charge in [-0.05, 0) is 48.2 Å². The van der Waals surface area contributed by atoms with Crippen molar-refractivity contribution in [2.75, 3.05) is 24.8 Å². The van der Waals surface area contributed by atoms with Crippen molar-refractivity contribution in [3.8, 4) is 17.0 Å². The van der Waals surface area contributed by atoms with Crippen molar-refractivity contribution < 1.29 is 14.3 Å². The molecule has 1 amide bonds. The second-order valence-corrected chi connectivity index (χ2v) is 9.85. The van der Waals surface area contributed by atoms with Crippen molar-refractivity contribution in [2.24, 2.45) is 0 Å². The van der Waals surface area contributed by atoms with Crippen molar-refractivity contribution in [3.05, 3.63) is 94.2 Å². The number of methoxy groups -OCH3 is 1. The molecule has 4 aromatic heterocycles. The lowest BCUT2D eigenvalue weighted by atomic mass is 10.0. The molecule has 40 heavy (non-hydrogen) atoms. The molecule has 0 saturated heterocycles. The second-order valence-electron chi connectivity index (χ2n) is 8.94. The molecule has 0 aliphatic carbocycles. The number of pyridine rings is 1. The molecule has 0 unspecified atom stereocenters. The molecule has 0 bridgehead atoms. The average molecular weight is 554 g/mol. The average Bonchev–Trinajstić information content (AvgIpc) is 3.55. The first-order valence-electron chi connectivity index (χ1n) is 12.4. The molecule has 11 heteroatoms. The maximum atomic E-state index is 13.4. The maximum Gasteiger partial charge on any atom is 0.259 e. The molecule has 202 valence electrons. The van der Waals surface area contributed by atoms with E-state index in [-0.39, 0.29) is 11.4 Å². The summed E-state index contributed by atoms with van der Waals surface area (Å²) < 4.78 is 6.73. The number of thiophene rings is 1. The van der Waals surface area contributed by atoms with E-state index in [1.165, 1.54) is 15.9 Å². The van der Waals surface area contributed by atoms with E-state index in [2.05, 4.69) is 20.4 Å². The number of nitrogen functional groups attached to an aromatic ring is 1. The molecule has 0 aliphatic heterocycles. The molecule has 0 radical (unpaired) electrons. The van der Waals surface area contributed by atoms with Gasteiger partial charge in [0.2, 0.25) is 5.88 Å². The third-order valence-electron chi connectivity index (χ3n) is 6.48. The first-order chi connectivity index (χ1) is 19.4. The number of benzene rings is 1. The summed E-state index contributed by atoms with van der Waals surface area (Å²) in [6.45, 7) is 1.88. The Morgan fingerprint density at radius 1 is 1.18 bits per heavy atom. The highest BCUT2D eigenvalue weighted by Gasteiger charge is 2.24. The van der Waals surface area contributed by atoms with Crippen LogP contribution in [0.25, 0.3) is 22.9 Å². The van der Waals surface area contributed by atoms with Gasteiger partial charge < -0.3 is 20.7 Å². The number of hydrogen-bond acceptors (Lipinski definition) is 9. The topological polar surface area (TPSA) is 128 Å². The van der Waals surface area contributed by atoms with Gasteiger partial charge in [-0.15, -0.1) is 16.4 Å². The Morgan fingerprint density at radius 2 is 1.98 bits per heavy atom. The molecule has 0 spiro atoms. The molecule has 10 nitrogen and oxygen atoms in total. The van der Waals surface area contributed by atoms with Crippen LogP contribution in [0.4, 0.5) is 11.5 Å². The second kappa shape index (κ2) is 11.4. The number of ether oxygens (including phenoxy) is 1. The van der Waals surface area contributed by atoms with Gasteiger partial charge in [0.15, 0.2) is 17.8 Å². The number of anilines is 2. The smallest absolute Gasteiger partial charge is 0.259 e. The lowest BCUT2D eigenvalue weighted by Gasteiger charge is -2.28. The summed E-state index contributed by atoms with van der Waals surface area (Å²) in [6.07, 6.45) is 7.68. The Hall–Kier alpha value is -5.03. The van der Waals surface area contributed by atoms with Crippen molar-refractivity contribution in [1.29, 1.82) is 0 Å². The van der Waals surface area contributed by atoms with Crippen molar-refractivity contribution in [1.82, 2.24) is 24.9 Å². The number of carbonyl (C=O) groups is 2. The Bertz CT molecular complexity index is 1710. The van der Waals surface area contributed by atoms with Crippen LogP contribution >= 0.6 is 11.3 Å². The van der Waals surface area contributed by atoms with Crippen molar-refractivity contribution >= 4 is 46.8 Å². The van der Waals surface area contributed by atoms with E-state index in [4.69, 9.17) is 10.5 Å². The zero-order valence-corrected chi connectivity index (χ0v) is 22.9.